The first kappa shape index (κ1) is 29.4. The minimum absolute atomic E-state index is 0.0311. The van der Waals surface area contributed by atoms with Crippen molar-refractivity contribution >= 4 is 22.6 Å². The van der Waals surface area contributed by atoms with Gasteiger partial charge in [0.2, 0.25) is 0 Å². The number of ether oxygens (including phenoxy) is 2. The maximum atomic E-state index is 6.10. The molecule has 0 aliphatic rings. The maximum absolute atomic E-state index is 6.10. The molecule has 29 heavy (non-hydrogen) atoms. The largest absolute Gasteiger partial charge is 0.353 e. The van der Waals surface area contributed by atoms with Gasteiger partial charge in [-0.05, 0) is 44.9 Å². The van der Waals surface area contributed by atoms with E-state index in [-0.39, 0.29) is 6.29 Å². The number of unbranched alkanes of at least 4 members (excludes halogenated alkanes) is 13. The van der Waals surface area contributed by atoms with Crippen molar-refractivity contribution in [3.63, 3.8) is 0 Å². The van der Waals surface area contributed by atoms with Crippen molar-refractivity contribution in [3.05, 3.63) is 12.2 Å². The quantitative estimate of drug-likeness (QED) is 0.0413. The molecule has 0 amide bonds. The molecule has 0 fully saturated rings. The minimum atomic E-state index is 0.0311. The molecule has 0 N–H and O–H groups in total. The van der Waals surface area contributed by atoms with Gasteiger partial charge in [-0.15, -0.1) is 0 Å². The van der Waals surface area contributed by atoms with Gasteiger partial charge in [-0.2, -0.15) is 0 Å². The van der Waals surface area contributed by atoms with E-state index in [1.165, 1.54) is 114 Å². The monoisotopic (exact) mass is 522 g/mol. The smallest absolute Gasteiger partial charge is 0.157 e. The number of rotatable bonds is 24. The second-order valence-electron chi connectivity index (χ2n) is 8.29. The highest BCUT2D eigenvalue weighted by molar-refractivity contribution is 14.1. The highest BCUT2D eigenvalue weighted by Gasteiger charge is 2.09. The Labute approximate surface area is 197 Å². The molecular formula is C26H51IO2. The van der Waals surface area contributed by atoms with Crippen molar-refractivity contribution in [3.8, 4) is 0 Å². The summed E-state index contributed by atoms with van der Waals surface area (Å²) < 4.78 is 13.4. The Kier molecular flexibility index (Phi) is 26.8. The van der Waals surface area contributed by atoms with E-state index in [2.05, 4.69) is 48.6 Å². The van der Waals surface area contributed by atoms with Crippen molar-refractivity contribution in [1.29, 1.82) is 0 Å². The van der Waals surface area contributed by atoms with Gasteiger partial charge >= 0.3 is 0 Å². The lowest BCUT2D eigenvalue weighted by molar-refractivity contribution is -0.148. The molecule has 0 rings (SSSR count). The number of hydrogen-bond acceptors (Lipinski definition) is 2. The SMILES string of the molecule is CCCCCCCOC(CCCCCCC/C=C/CCI)OCCCCCCC. The third-order valence-corrected chi connectivity index (χ3v) is 5.98. The average molecular weight is 523 g/mol. The minimum Gasteiger partial charge on any atom is -0.353 e. The van der Waals surface area contributed by atoms with Crippen LogP contribution in [0, 0.1) is 0 Å². The zero-order valence-corrected chi connectivity index (χ0v) is 21.9. The summed E-state index contributed by atoms with van der Waals surface area (Å²) in [4.78, 5) is 0. The van der Waals surface area contributed by atoms with E-state index in [1.807, 2.05) is 0 Å². The van der Waals surface area contributed by atoms with E-state index >= 15 is 0 Å². The van der Waals surface area contributed by atoms with Crippen LogP contribution in [0.15, 0.2) is 12.2 Å². The van der Waals surface area contributed by atoms with Gasteiger partial charge in [0, 0.05) is 17.6 Å². The lowest BCUT2D eigenvalue weighted by Gasteiger charge is -2.19. The Hall–Kier alpha value is 0.390. The lowest BCUT2D eigenvalue weighted by Crippen LogP contribution is -2.19. The van der Waals surface area contributed by atoms with E-state index in [4.69, 9.17) is 9.47 Å². The van der Waals surface area contributed by atoms with Crippen molar-refractivity contribution < 1.29 is 9.47 Å². The van der Waals surface area contributed by atoms with E-state index < -0.39 is 0 Å². The molecular weight excluding hydrogens is 471 g/mol. The highest BCUT2D eigenvalue weighted by Crippen LogP contribution is 2.14. The average Bonchev–Trinajstić information content (AvgIpc) is 2.73. The zero-order chi connectivity index (χ0) is 21.3. The summed E-state index contributed by atoms with van der Waals surface area (Å²) in [7, 11) is 0. The Bertz CT molecular complexity index is 304. The normalized spacial score (nSPS) is 11.9. The summed E-state index contributed by atoms with van der Waals surface area (Å²) in [6, 6.07) is 0. The van der Waals surface area contributed by atoms with Crippen molar-refractivity contribution in [1.82, 2.24) is 0 Å². The predicted molar refractivity (Wildman–Crippen MR) is 138 cm³/mol. The van der Waals surface area contributed by atoms with Gasteiger partial charge in [0.25, 0.3) is 0 Å². The van der Waals surface area contributed by atoms with Crippen molar-refractivity contribution in [2.24, 2.45) is 0 Å². The van der Waals surface area contributed by atoms with Gasteiger partial charge in [-0.1, -0.05) is 119 Å². The Morgan fingerprint density at radius 3 is 1.66 bits per heavy atom. The van der Waals surface area contributed by atoms with Crippen LogP contribution in [0.2, 0.25) is 0 Å². The Morgan fingerprint density at radius 1 is 0.586 bits per heavy atom. The molecule has 0 unspecified atom stereocenters. The van der Waals surface area contributed by atoms with Gasteiger partial charge in [-0.3, -0.25) is 0 Å². The zero-order valence-electron chi connectivity index (χ0n) is 19.8. The molecule has 0 saturated carbocycles. The molecule has 0 atom stereocenters. The summed E-state index contributed by atoms with van der Waals surface area (Å²) in [6.45, 7) is 6.27. The number of alkyl halides is 1. The fraction of sp³-hybridized carbons (Fsp3) is 0.923. The molecule has 3 heteroatoms. The molecule has 0 spiro atoms. The van der Waals surface area contributed by atoms with Gasteiger partial charge < -0.3 is 9.47 Å². The van der Waals surface area contributed by atoms with Crippen molar-refractivity contribution in [2.45, 2.75) is 136 Å². The summed E-state index contributed by atoms with van der Waals surface area (Å²) in [6.07, 6.45) is 27.8. The molecule has 0 aromatic rings. The first-order valence-electron chi connectivity index (χ1n) is 12.8. The third kappa shape index (κ3) is 24.5. The van der Waals surface area contributed by atoms with E-state index in [0.717, 1.165) is 19.6 Å². The lowest BCUT2D eigenvalue weighted by atomic mass is 10.1. The van der Waals surface area contributed by atoms with Crippen molar-refractivity contribution in [2.75, 3.05) is 17.6 Å². The van der Waals surface area contributed by atoms with Crippen LogP contribution in [0.3, 0.4) is 0 Å². The van der Waals surface area contributed by atoms with Gasteiger partial charge in [-0.25, -0.2) is 0 Å². The topological polar surface area (TPSA) is 18.5 Å². The molecule has 0 heterocycles. The Balaban J connectivity index is 3.79. The molecule has 2 nitrogen and oxygen atoms in total. The molecule has 0 aromatic carbocycles. The summed E-state index contributed by atoms with van der Waals surface area (Å²) in [5.41, 5.74) is 0. The summed E-state index contributed by atoms with van der Waals surface area (Å²) >= 11 is 2.44. The second kappa shape index (κ2) is 26.4. The van der Waals surface area contributed by atoms with E-state index in [1.54, 1.807) is 0 Å². The fourth-order valence-corrected chi connectivity index (χ4v) is 3.82. The molecule has 0 saturated heterocycles. The molecule has 0 aromatic heterocycles. The summed E-state index contributed by atoms with van der Waals surface area (Å²) in [5, 5.41) is 0. The van der Waals surface area contributed by atoms with Crippen LogP contribution in [0.4, 0.5) is 0 Å². The first-order valence-corrected chi connectivity index (χ1v) is 14.3. The molecule has 174 valence electrons. The van der Waals surface area contributed by atoms with E-state index in [0.29, 0.717) is 0 Å². The summed E-state index contributed by atoms with van der Waals surface area (Å²) in [5.74, 6) is 0. The second-order valence-corrected chi connectivity index (χ2v) is 9.37. The maximum Gasteiger partial charge on any atom is 0.157 e. The van der Waals surface area contributed by atoms with Crippen LogP contribution in [-0.4, -0.2) is 23.9 Å². The van der Waals surface area contributed by atoms with Gasteiger partial charge in [0.1, 0.15) is 0 Å². The van der Waals surface area contributed by atoms with Crippen LogP contribution in [-0.2, 0) is 9.47 Å². The standard InChI is InChI=1S/C26H51IO2/c1-3-5-7-16-20-24-28-26(29-25-21-17-8-6-4-2)22-18-14-12-10-9-11-13-15-19-23-27/h13,15,26H,3-12,14,16-25H2,1-2H3/b15-13+. The first-order chi connectivity index (χ1) is 14.3. The highest BCUT2D eigenvalue weighted by atomic mass is 127. The van der Waals surface area contributed by atoms with Crippen LogP contribution < -0.4 is 0 Å². The Morgan fingerprint density at radius 2 is 1.07 bits per heavy atom. The van der Waals surface area contributed by atoms with Crippen LogP contribution in [0.25, 0.3) is 0 Å². The van der Waals surface area contributed by atoms with Gasteiger partial charge in [0.15, 0.2) is 6.29 Å². The third-order valence-electron chi connectivity index (χ3n) is 5.36. The number of hydrogen-bond donors (Lipinski definition) is 0. The number of allylic oxidation sites excluding steroid dienone is 2. The van der Waals surface area contributed by atoms with Crippen LogP contribution in [0.1, 0.15) is 129 Å². The molecule has 0 aliphatic carbocycles. The molecule has 0 aliphatic heterocycles. The van der Waals surface area contributed by atoms with Crippen LogP contribution in [0.5, 0.6) is 0 Å². The fourth-order valence-electron chi connectivity index (χ4n) is 3.46. The van der Waals surface area contributed by atoms with Crippen LogP contribution >= 0.6 is 22.6 Å². The van der Waals surface area contributed by atoms with Gasteiger partial charge in [0.05, 0.1) is 0 Å². The predicted octanol–water partition coefficient (Wildman–Crippen LogP) is 9.40. The molecule has 0 radical (unpaired) electrons. The molecule has 0 bridgehead atoms. The van der Waals surface area contributed by atoms with E-state index in [9.17, 15) is 0 Å². The number of halogens is 1.